The molecular weight excluding hydrogens is 352 g/mol. The molecule has 0 fully saturated rings. The maximum absolute atomic E-state index is 12.9. The van der Waals surface area contributed by atoms with Crippen LogP contribution in [0.4, 0.5) is 0 Å². The van der Waals surface area contributed by atoms with Crippen molar-refractivity contribution in [3.63, 3.8) is 0 Å². The van der Waals surface area contributed by atoms with E-state index in [9.17, 15) is 4.79 Å². The quantitative estimate of drug-likeness (QED) is 0.544. The number of hydrogen-bond donors (Lipinski definition) is 2. The van der Waals surface area contributed by atoms with Crippen molar-refractivity contribution in [1.82, 2.24) is 19.9 Å². The number of nitrogens with one attached hydrogen (secondary N) is 2. The van der Waals surface area contributed by atoms with Crippen LogP contribution < -0.4 is 10.1 Å². The molecule has 2 N–H and O–H groups in total. The van der Waals surface area contributed by atoms with E-state index >= 15 is 0 Å². The first-order chi connectivity index (χ1) is 13.7. The van der Waals surface area contributed by atoms with Crippen LogP contribution >= 0.6 is 0 Å². The van der Waals surface area contributed by atoms with Gasteiger partial charge in [0.15, 0.2) is 0 Å². The minimum Gasteiger partial charge on any atom is -0.496 e. The molecule has 0 aliphatic carbocycles. The summed E-state index contributed by atoms with van der Waals surface area (Å²) in [7, 11) is 3.54. The molecule has 2 aromatic heterocycles. The molecule has 0 aliphatic heterocycles. The molecule has 6 heteroatoms. The fourth-order valence-corrected chi connectivity index (χ4v) is 3.50. The number of aryl methyl sites for hydroxylation is 1. The Bertz CT molecular complexity index is 1110. The van der Waals surface area contributed by atoms with Crippen molar-refractivity contribution >= 4 is 16.8 Å². The fourth-order valence-electron chi connectivity index (χ4n) is 3.50. The third-order valence-corrected chi connectivity index (χ3v) is 4.90. The Kier molecular flexibility index (Phi) is 4.85. The first-order valence-electron chi connectivity index (χ1n) is 9.12. The van der Waals surface area contributed by atoms with Crippen LogP contribution in [0.25, 0.3) is 10.9 Å². The molecule has 2 heterocycles. The number of aromatic nitrogens is 3. The minimum absolute atomic E-state index is 0.0799. The highest BCUT2D eigenvalue weighted by Gasteiger charge is 2.24. The maximum Gasteiger partial charge on any atom is 0.225 e. The van der Waals surface area contributed by atoms with Crippen molar-refractivity contribution in [3.05, 3.63) is 84.1 Å². The van der Waals surface area contributed by atoms with Gasteiger partial charge in [-0.1, -0.05) is 36.4 Å². The largest absolute Gasteiger partial charge is 0.496 e. The van der Waals surface area contributed by atoms with Crippen LogP contribution in [0.1, 0.15) is 23.0 Å². The molecule has 0 saturated carbocycles. The summed E-state index contributed by atoms with van der Waals surface area (Å²) in [5, 5.41) is 4.20. The van der Waals surface area contributed by atoms with Crippen LogP contribution in [0.15, 0.2) is 67.1 Å². The lowest BCUT2D eigenvalue weighted by atomic mass is 10.0. The highest BCUT2D eigenvalue weighted by Crippen LogP contribution is 2.29. The fraction of sp³-hybridized carbons (Fsp3) is 0.182. The maximum atomic E-state index is 12.9. The van der Waals surface area contributed by atoms with Crippen LogP contribution in [0.3, 0.4) is 0 Å². The highest BCUT2D eigenvalue weighted by atomic mass is 16.5. The molecule has 0 spiro atoms. The number of H-pyrrole nitrogens is 1. The summed E-state index contributed by atoms with van der Waals surface area (Å²) in [5.41, 5.74) is 2.86. The van der Waals surface area contributed by atoms with Crippen molar-refractivity contribution in [2.24, 2.45) is 7.05 Å². The molecule has 1 unspecified atom stereocenters. The van der Waals surface area contributed by atoms with Crippen LogP contribution in [0, 0.1) is 0 Å². The van der Waals surface area contributed by atoms with Gasteiger partial charge in [-0.05, 0) is 17.7 Å². The van der Waals surface area contributed by atoms with Crippen LogP contribution in [-0.2, 0) is 18.3 Å². The van der Waals surface area contributed by atoms with E-state index in [0.717, 1.165) is 27.9 Å². The summed E-state index contributed by atoms with van der Waals surface area (Å²) in [6.45, 7) is 0. The standard InChI is InChI=1S/C22H22N4O2/c1-26-12-11-23-22(26)21(17-8-4-6-10-19(17)28-2)25-20(27)13-15-14-24-18-9-5-3-7-16(15)18/h3-12,14,21,24H,13H2,1-2H3,(H,25,27). The number of methoxy groups -OCH3 is 1. The second-order valence-corrected chi connectivity index (χ2v) is 6.68. The van der Waals surface area contributed by atoms with Crippen molar-refractivity contribution in [2.75, 3.05) is 7.11 Å². The van der Waals surface area contributed by atoms with E-state index in [1.54, 1.807) is 13.3 Å². The number of benzene rings is 2. The molecule has 2 aromatic carbocycles. The number of nitrogens with zero attached hydrogens (tertiary/aromatic N) is 2. The highest BCUT2D eigenvalue weighted by molar-refractivity contribution is 5.89. The van der Waals surface area contributed by atoms with E-state index in [4.69, 9.17) is 4.74 Å². The first-order valence-corrected chi connectivity index (χ1v) is 9.12. The van der Waals surface area contributed by atoms with Gasteiger partial charge in [0.05, 0.1) is 13.5 Å². The Balaban J connectivity index is 1.64. The molecule has 4 rings (SSSR count). The zero-order chi connectivity index (χ0) is 19.5. The Morgan fingerprint density at radius 2 is 2.00 bits per heavy atom. The first kappa shape index (κ1) is 17.9. The van der Waals surface area contributed by atoms with Gasteiger partial charge >= 0.3 is 0 Å². The summed E-state index contributed by atoms with van der Waals surface area (Å²) in [5.74, 6) is 1.38. The molecule has 0 bridgehead atoms. The second-order valence-electron chi connectivity index (χ2n) is 6.68. The molecule has 4 aromatic rings. The number of para-hydroxylation sites is 2. The van der Waals surface area contributed by atoms with Gasteiger partial charge in [-0.15, -0.1) is 0 Å². The van der Waals surface area contributed by atoms with Crippen molar-refractivity contribution < 1.29 is 9.53 Å². The zero-order valence-corrected chi connectivity index (χ0v) is 15.8. The van der Waals surface area contributed by atoms with Gasteiger partial charge in [0.2, 0.25) is 5.91 Å². The lowest BCUT2D eigenvalue weighted by molar-refractivity contribution is -0.121. The van der Waals surface area contributed by atoms with Crippen molar-refractivity contribution in [2.45, 2.75) is 12.5 Å². The van der Waals surface area contributed by atoms with E-state index in [1.165, 1.54) is 0 Å². The van der Waals surface area contributed by atoms with Crippen molar-refractivity contribution in [3.8, 4) is 5.75 Å². The van der Waals surface area contributed by atoms with Crippen LogP contribution in [0.2, 0.25) is 0 Å². The van der Waals surface area contributed by atoms with E-state index < -0.39 is 6.04 Å². The van der Waals surface area contributed by atoms with E-state index in [2.05, 4.69) is 15.3 Å². The number of amides is 1. The number of aromatic amines is 1. The molecule has 142 valence electrons. The average molecular weight is 374 g/mol. The van der Waals surface area contributed by atoms with Gasteiger partial charge in [-0.2, -0.15) is 0 Å². The average Bonchev–Trinajstić information content (AvgIpc) is 3.32. The Labute approximate surface area is 163 Å². The number of imidazole rings is 1. The van der Waals surface area contributed by atoms with E-state index in [0.29, 0.717) is 5.75 Å². The smallest absolute Gasteiger partial charge is 0.225 e. The third kappa shape index (κ3) is 3.36. The summed E-state index contributed by atoms with van der Waals surface area (Å²) < 4.78 is 7.42. The van der Waals surface area contributed by atoms with Gasteiger partial charge in [-0.25, -0.2) is 4.98 Å². The molecule has 0 saturated heterocycles. The predicted octanol–water partition coefficient (Wildman–Crippen LogP) is 3.36. The van der Waals surface area contributed by atoms with Gasteiger partial charge in [0.1, 0.15) is 17.6 Å². The SMILES string of the molecule is COc1ccccc1C(NC(=O)Cc1c[nH]c2ccccc12)c1nccn1C. The number of hydrogen-bond acceptors (Lipinski definition) is 3. The van der Waals surface area contributed by atoms with Gasteiger partial charge in [0.25, 0.3) is 0 Å². The van der Waals surface area contributed by atoms with E-state index in [1.807, 2.05) is 72.5 Å². The van der Waals surface area contributed by atoms with Gasteiger partial charge in [0, 0.05) is 42.1 Å². The summed E-state index contributed by atoms with van der Waals surface area (Å²) in [6.07, 6.45) is 5.76. The van der Waals surface area contributed by atoms with Crippen molar-refractivity contribution in [1.29, 1.82) is 0 Å². The van der Waals surface area contributed by atoms with Crippen LogP contribution in [0.5, 0.6) is 5.75 Å². The summed E-state index contributed by atoms with van der Waals surface area (Å²) in [6, 6.07) is 15.2. The normalized spacial score (nSPS) is 12.1. The van der Waals surface area contributed by atoms with E-state index in [-0.39, 0.29) is 12.3 Å². The lowest BCUT2D eigenvalue weighted by Crippen LogP contribution is -2.32. The number of carbonyl (C=O) groups excluding carboxylic acids is 1. The summed E-state index contributed by atoms with van der Waals surface area (Å²) >= 11 is 0. The van der Waals surface area contributed by atoms with Gasteiger partial charge < -0.3 is 19.6 Å². The third-order valence-electron chi connectivity index (χ3n) is 4.90. The number of fused-ring (bicyclic) bond motifs is 1. The molecule has 6 nitrogen and oxygen atoms in total. The molecule has 0 aliphatic rings. The molecule has 1 amide bonds. The Morgan fingerprint density at radius 3 is 2.79 bits per heavy atom. The van der Waals surface area contributed by atoms with Gasteiger partial charge in [-0.3, -0.25) is 4.79 Å². The molecule has 28 heavy (non-hydrogen) atoms. The lowest BCUT2D eigenvalue weighted by Gasteiger charge is -2.21. The molecule has 1 atom stereocenters. The number of ether oxygens (including phenoxy) is 1. The monoisotopic (exact) mass is 374 g/mol. The molecular formula is C22H22N4O2. The van der Waals surface area contributed by atoms with Crippen LogP contribution in [-0.4, -0.2) is 27.6 Å². The number of rotatable bonds is 6. The predicted molar refractivity (Wildman–Crippen MR) is 108 cm³/mol. The number of carbonyl (C=O) groups is 1. The summed E-state index contributed by atoms with van der Waals surface area (Å²) in [4.78, 5) is 20.6. The minimum atomic E-state index is -0.408. The topological polar surface area (TPSA) is 71.9 Å². The zero-order valence-electron chi connectivity index (χ0n) is 15.8. The Hall–Kier alpha value is -3.54. The Morgan fingerprint density at radius 1 is 1.21 bits per heavy atom. The second kappa shape index (κ2) is 7.60. The molecule has 0 radical (unpaired) electrons.